The molecule has 148 valence electrons. The van der Waals surface area contributed by atoms with Gasteiger partial charge >= 0.3 is 11.8 Å². The first-order valence-corrected chi connectivity index (χ1v) is 9.30. The van der Waals surface area contributed by atoms with Crippen molar-refractivity contribution in [2.45, 2.75) is 0 Å². The van der Waals surface area contributed by atoms with Gasteiger partial charge in [-0.2, -0.15) is 4.48 Å². The lowest BCUT2D eigenvalue weighted by molar-refractivity contribution is -0.134. The van der Waals surface area contributed by atoms with Gasteiger partial charge in [0.05, 0.1) is 12.7 Å². The van der Waals surface area contributed by atoms with Crippen molar-refractivity contribution in [3.05, 3.63) is 108 Å². The van der Waals surface area contributed by atoms with E-state index in [1.807, 2.05) is 48.6 Å². The molecule has 4 rings (SSSR count). The average molecular weight is 399 g/mol. The van der Waals surface area contributed by atoms with E-state index >= 15 is 0 Å². The molecule has 0 aliphatic carbocycles. The first-order valence-electron chi connectivity index (χ1n) is 9.30. The molecule has 2 aliphatic heterocycles. The van der Waals surface area contributed by atoms with Crippen molar-refractivity contribution < 1.29 is 19.1 Å². The summed E-state index contributed by atoms with van der Waals surface area (Å²) in [6.45, 7) is 0. The van der Waals surface area contributed by atoms with Crippen molar-refractivity contribution in [2.75, 3.05) is 7.11 Å². The predicted octanol–water partition coefficient (Wildman–Crippen LogP) is 3.23. The highest BCUT2D eigenvalue weighted by atomic mass is 16.5. The Balaban J connectivity index is 2.10. The normalized spacial score (nSPS) is 19.3. The van der Waals surface area contributed by atoms with Gasteiger partial charge in [0.25, 0.3) is 5.91 Å². The van der Waals surface area contributed by atoms with E-state index in [1.54, 1.807) is 36.5 Å². The summed E-state index contributed by atoms with van der Waals surface area (Å²) < 4.78 is 4.74. The lowest BCUT2D eigenvalue weighted by Crippen LogP contribution is -2.46. The van der Waals surface area contributed by atoms with Crippen LogP contribution in [0.15, 0.2) is 96.5 Å². The van der Waals surface area contributed by atoms with E-state index < -0.39 is 17.7 Å². The number of benzene rings is 2. The van der Waals surface area contributed by atoms with E-state index in [9.17, 15) is 14.4 Å². The highest BCUT2D eigenvalue weighted by Crippen LogP contribution is 2.48. The summed E-state index contributed by atoms with van der Waals surface area (Å²) in [6, 6.07) is 16.1. The number of hydrogen-bond acceptors (Lipinski definition) is 4. The molecule has 0 saturated carbocycles. The number of fused-ring (bicyclic) bond motifs is 1. The van der Waals surface area contributed by atoms with E-state index in [0.29, 0.717) is 17.0 Å². The number of carbonyl (C=O) groups excluding carboxylic acids is 3. The molecule has 0 fully saturated rings. The van der Waals surface area contributed by atoms with Crippen LogP contribution >= 0.6 is 0 Å². The summed E-state index contributed by atoms with van der Waals surface area (Å²) >= 11 is 0. The Morgan fingerprint density at radius 2 is 1.63 bits per heavy atom. The number of hydrogen-bond donors (Lipinski definition) is 1. The van der Waals surface area contributed by atoms with Gasteiger partial charge in [0.2, 0.25) is 5.70 Å². The molecule has 0 spiro atoms. The van der Waals surface area contributed by atoms with Gasteiger partial charge in [-0.15, -0.1) is 0 Å². The smallest absolute Gasteiger partial charge is 0.343 e. The molecule has 0 saturated heterocycles. The van der Waals surface area contributed by atoms with Gasteiger partial charge in [-0.3, -0.25) is 9.59 Å². The maximum Gasteiger partial charge on any atom is 0.343 e. The first-order chi connectivity index (χ1) is 14.5. The minimum Gasteiger partial charge on any atom is -0.465 e. The third-order valence-electron chi connectivity index (χ3n) is 5.21. The fourth-order valence-electron chi connectivity index (χ4n) is 3.94. The molecule has 0 aromatic heterocycles. The number of quaternary nitrogens is 1. The van der Waals surface area contributed by atoms with E-state index in [1.165, 1.54) is 7.11 Å². The molecule has 2 N–H and O–H groups in total. The molecule has 0 bridgehead atoms. The maximum absolute atomic E-state index is 13.2. The van der Waals surface area contributed by atoms with Crippen LogP contribution in [0.3, 0.4) is 0 Å². The Bertz CT molecular complexity index is 1190. The highest BCUT2D eigenvalue weighted by Gasteiger charge is 2.51. The number of ether oxygens (including phenoxy) is 1. The van der Waals surface area contributed by atoms with Crippen LogP contribution in [0.1, 0.15) is 15.9 Å². The number of allylic oxidation sites excluding steroid dienone is 5. The van der Waals surface area contributed by atoms with Gasteiger partial charge in [0.15, 0.2) is 5.69 Å². The second-order valence-electron chi connectivity index (χ2n) is 6.82. The summed E-state index contributed by atoms with van der Waals surface area (Å²) in [5, 5.41) is 0. The Morgan fingerprint density at radius 1 is 0.933 bits per heavy atom. The molecule has 0 radical (unpaired) electrons. The Hall–Kier alpha value is -4.03. The van der Waals surface area contributed by atoms with Gasteiger partial charge in [-0.05, 0) is 17.7 Å². The van der Waals surface area contributed by atoms with Crippen molar-refractivity contribution in [3.8, 4) is 0 Å². The van der Waals surface area contributed by atoms with E-state index in [2.05, 4.69) is 0 Å². The average Bonchev–Trinajstić information content (AvgIpc) is 3.14. The van der Waals surface area contributed by atoms with Crippen LogP contribution in [-0.2, 0) is 14.3 Å². The second-order valence-corrected chi connectivity index (χ2v) is 6.82. The van der Waals surface area contributed by atoms with E-state index in [0.717, 1.165) is 5.56 Å². The van der Waals surface area contributed by atoms with Crippen molar-refractivity contribution >= 4 is 28.9 Å². The third-order valence-corrected chi connectivity index (χ3v) is 5.21. The minimum absolute atomic E-state index is 0.167. The second kappa shape index (κ2) is 7.42. The number of nitrogens with zero attached hydrogens (tertiary/aromatic N) is 1. The Morgan fingerprint density at radius 3 is 2.33 bits per heavy atom. The number of Topliss-reactive ketones (excluding diaryl/α,β-unsaturated/α-hetero) is 1. The SMILES string of the molecule is COC(=O)c1ccccc1[N+]12C=CC=CC1=CC(c1ccccc1)=C2C(=O)C(N)=O. The largest absolute Gasteiger partial charge is 0.465 e. The number of rotatable bonds is 5. The van der Waals surface area contributed by atoms with Crippen LogP contribution in [-0.4, -0.2) is 24.8 Å². The number of amides is 1. The van der Waals surface area contributed by atoms with Crippen LogP contribution in [0, 0.1) is 0 Å². The molecular weight excluding hydrogens is 380 g/mol. The van der Waals surface area contributed by atoms with E-state index in [4.69, 9.17) is 10.5 Å². The first kappa shape index (κ1) is 19.3. The molecule has 6 heteroatoms. The van der Waals surface area contributed by atoms with E-state index in [-0.39, 0.29) is 15.7 Å². The lowest BCUT2D eigenvalue weighted by atomic mass is 10.0. The molecule has 1 atom stereocenters. The van der Waals surface area contributed by atoms with Crippen LogP contribution in [0.5, 0.6) is 0 Å². The molecule has 1 unspecified atom stereocenters. The topological polar surface area (TPSA) is 86.5 Å². The quantitative estimate of drug-likeness (QED) is 0.475. The minimum atomic E-state index is -1.07. The monoisotopic (exact) mass is 399 g/mol. The summed E-state index contributed by atoms with van der Waals surface area (Å²) in [5.41, 5.74) is 8.44. The van der Waals surface area contributed by atoms with Crippen LogP contribution < -0.4 is 10.2 Å². The number of esters is 1. The van der Waals surface area contributed by atoms with Crippen LogP contribution in [0.4, 0.5) is 5.69 Å². The summed E-state index contributed by atoms with van der Waals surface area (Å²) in [6.07, 6.45) is 9.06. The maximum atomic E-state index is 13.2. The molecular formula is C24H19N2O4+. The van der Waals surface area contributed by atoms with Gasteiger partial charge in [-0.25, -0.2) is 4.79 Å². The van der Waals surface area contributed by atoms with Crippen molar-refractivity contribution in [1.29, 1.82) is 0 Å². The zero-order chi connectivity index (χ0) is 21.3. The molecule has 2 aromatic rings. The van der Waals surface area contributed by atoms with Crippen LogP contribution in [0.25, 0.3) is 5.57 Å². The highest BCUT2D eigenvalue weighted by molar-refractivity contribution is 6.44. The lowest BCUT2D eigenvalue weighted by Gasteiger charge is -2.34. The molecule has 1 amide bonds. The van der Waals surface area contributed by atoms with Gasteiger partial charge in [0.1, 0.15) is 17.5 Å². The van der Waals surface area contributed by atoms with Gasteiger partial charge < -0.3 is 10.5 Å². The predicted molar refractivity (Wildman–Crippen MR) is 114 cm³/mol. The molecule has 30 heavy (non-hydrogen) atoms. The van der Waals surface area contributed by atoms with Gasteiger partial charge in [0, 0.05) is 18.2 Å². The summed E-state index contributed by atoms with van der Waals surface area (Å²) in [4.78, 5) is 37.8. The number of methoxy groups -OCH3 is 1. The zero-order valence-electron chi connectivity index (χ0n) is 16.2. The summed E-state index contributed by atoms with van der Waals surface area (Å²) in [7, 11) is 1.30. The summed E-state index contributed by atoms with van der Waals surface area (Å²) in [5.74, 6) is -2.43. The standard InChI is InChI=1S/C24H18N2O4/c1-30-24(29)18-12-5-6-13-20(18)26-14-8-7-11-17(26)15-19(16-9-3-2-4-10-16)21(26)22(27)23(25)28/h2-15H,1H3,(H-,25,28)/p+1. The fourth-order valence-corrected chi connectivity index (χ4v) is 3.94. The Kier molecular flexibility index (Phi) is 4.77. The number of nitrogens with two attached hydrogens (primary N) is 1. The van der Waals surface area contributed by atoms with Crippen molar-refractivity contribution in [3.63, 3.8) is 0 Å². The molecule has 2 aromatic carbocycles. The number of primary amides is 1. The molecule has 2 aliphatic rings. The third kappa shape index (κ3) is 2.82. The van der Waals surface area contributed by atoms with Gasteiger partial charge in [-0.1, -0.05) is 48.5 Å². The fraction of sp³-hybridized carbons (Fsp3) is 0.0417. The molecule has 6 nitrogen and oxygen atoms in total. The van der Waals surface area contributed by atoms with Crippen LogP contribution in [0.2, 0.25) is 0 Å². The Labute approximate surface area is 173 Å². The number of carbonyl (C=O) groups is 3. The zero-order valence-corrected chi connectivity index (χ0v) is 16.2. The molecule has 2 heterocycles. The number of ketones is 1. The number of para-hydroxylation sites is 1. The van der Waals surface area contributed by atoms with Crippen molar-refractivity contribution in [2.24, 2.45) is 5.73 Å². The van der Waals surface area contributed by atoms with Crippen molar-refractivity contribution in [1.82, 2.24) is 4.48 Å².